The summed E-state index contributed by atoms with van der Waals surface area (Å²) in [6.07, 6.45) is 5.10. The van der Waals surface area contributed by atoms with Crippen LogP contribution in [0.3, 0.4) is 0 Å². The fourth-order valence-corrected chi connectivity index (χ4v) is 1.83. The Bertz CT molecular complexity index is 378. The van der Waals surface area contributed by atoms with Gasteiger partial charge in [-0.15, -0.1) is 0 Å². The Morgan fingerprint density at radius 2 is 2.00 bits per heavy atom. The lowest BCUT2D eigenvalue weighted by molar-refractivity contribution is 0.122. The van der Waals surface area contributed by atoms with Crippen LogP contribution >= 0.6 is 0 Å². The van der Waals surface area contributed by atoms with Crippen molar-refractivity contribution < 1.29 is 4.74 Å². The SMILES string of the molecule is CCc1c(OC(C)(C)C)ncnc1C1CC1. The highest BCUT2D eigenvalue weighted by molar-refractivity contribution is 5.34. The van der Waals surface area contributed by atoms with Gasteiger partial charge in [-0.05, 0) is 40.0 Å². The van der Waals surface area contributed by atoms with Gasteiger partial charge in [0.25, 0.3) is 0 Å². The molecule has 1 aliphatic carbocycles. The standard InChI is InChI=1S/C13H20N2O/c1-5-10-11(9-6-7-9)14-8-15-12(10)16-13(2,3)4/h8-9H,5-7H2,1-4H3. The van der Waals surface area contributed by atoms with Crippen molar-refractivity contribution in [2.24, 2.45) is 0 Å². The van der Waals surface area contributed by atoms with Gasteiger partial charge >= 0.3 is 0 Å². The van der Waals surface area contributed by atoms with E-state index < -0.39 is 0 Å². The largest absolute Gasteiger partial charge is 0.472 e. The summed E-state index contributed by atoms with van der Waals surface area (Å²) >= 11 is 0. The first-order chi connectivity index (χ1) is 7.51. The van der Waals surface area contributed by atoms with Crippen LogP contribution in [0, 0.1) is 0 Å². The van der Waals surface area contributed by atoms with Gasteiger partial charge in [0.05, 0.1) is 5.69 Å². The molecule has 0 radical (unpaired) electrons. The summed E-state index contributed by atoms with van der Waals surface area (Å²) in [5.74, 6) is 1.42. The van der Waals surface area contributed by atoms with Gasteiger partial charge in [-0.3, -0.25) is 0 Å². The highest BCUT2D eigenvalue weighted by Gasteiger charge is 2.29. The van der Waals surface area contributed by atoms with Gasteiger partial charge in [0.1, 0.15) is 11.9 Å². The Hall–Kier alpha value is -1.12. The third-order valence-electron chi connectivity index (χ3n) is 2.66. The molecule has 0 aliphatic heterocycles. The van der Waals surface area contributed by atoms with Crippen molar-refractivity contribution in [3.05, 3.63) is 17.6 Å². The molecule has 0 saturated heterocycles. The monoisotopic (exact) mass is 220 g/mol. The van der Waals surface area contributed by atoms with Crippen LogP contribution in [0.25, 0.3) is 0 Å². The first-order valence-electron chi connectivity index (χ1n) is 6.04. The lowest BCUT2D eigenvalue weighted by Gasteiger charge is -2.22. The molecule has 16 heavy (non-hydrogen) atoms. The highest BCUT2D eigenvalue weighted by Crippen LogP contribution is 2.42. The summed E-state index contributed by atoms with van der Waals surface area (Å²) in [5.41, 5.74) is 2.20. The third kappa shape index (κ3) is 2.52. The molecule has 3 heteroatoms. The molecule has 1 heterocycles. The van der Waals surface area contributed by atoms with E-state index in [2.05, 4.69) is 16.9 Å². The van der Waals surface area contributed by atoms with Crippen LogP contribution in [0.15, 0.2) is 6.33 Å². The van der Waals surface area contributed by atoms with Crippen LogP contribution in [0.2, 0.25) is 0 Å². The average molecular weight is 220 g/mol. The van der Waals surface area contributed by atoms with E-state index in [0.717, 1.165) is 12.3 Å². The van der Waals surface area contributed by atoms with Gasteiger partial charge in [0.2, 0.25) is 5.88 Å². The van der Waals surface area contributed by atoms with E-state index in [1.165, 1.54) is 24.1 Å². The lowest BCUT2D eigenvalue weighted by Crippen LogP contribution is -2.24. The Morgan fingerprint density at radius 3 is 2.50 bits per heavy atom. The molecule has 0 aromatic carbocycles. The fraction of sp³-hybridized carbons (Fsp3) is 0.692. The molecule has 0 spiro atoms. The zero-order valence-electron chi connectivity index (χ0n) is 10.6. The van der Waals surface area contributed by atoms with E-state index in [1.54, 1.807) is 6.33 Å². The zero-order valence-corrected chi connectivity index (χ0v) is 10.6. The molecule has 0 bridgehead atoms. The highest BCUT2D eigenvalue weighted by atomic mass is 16.5. The van der Waals surface area contributed by atoms with Gasteiger partial charge in [0, 0.05) is 11.5 Å². The van der Waals surface area contributed by atoms with Crippen molar-refractivity contribution in [2.75, 3.05) is 0 Å². The number of hydrogen-bond acceptors (Lipinski definition) is 3. The van der Waals surface area contributed by atoms with Crippen LogP contribution < -0.4 is 4.74 Å². The smallest absolute Gasteiger partial charge is 0.220 e. The minimum Gasteiger partial charge on any atom is -0.472 e. The van der Waals surface area contributed by atoms with E-state index in [-0.39, 0.29) is 5.60 Å². The molecular formula is C13H20N2O. The Kier molecular flexibility index (Phi) is 2.87. The Labute approximate surface area is 97.3 Å². The second-order valence-corrected chi connectivity index (χ2v) is 5.38. The summed E-state index contributed by atoms with van der Waals surface area (Å²) in [6, 6.07) is 0. The Morgan fingerprint density at radius 1 is 1.31 bits per heavy atom. The minimum atomic E-state index is -0.195. The van der Waals surface area contributed by atoms with Gasteiger partial charge < -0.3 is 4.74 Å². The van der Waals surface area contributed by atoms with Gasteiger partial charge in [-0.2, -0.15) is 0 Å². The molecule has 3 nitrogen and oxygen atoms in total. The molecule has 2 rings (SSSR count). The summed E-state index contributed by atoms with van der Waals surface area (Å²) in [6.45, 7) is 8.28. The molecule has 1 aliphatic rings. The van der Waals surface area contributed by atoms with Crippen molar-refractivity contribution >= 4 is 0 Å². The molecule has 0 unspecified atom stereocenters. The van der Waals surface area contributed by atoms with Crippen LogP contribution in [0.4, 0.5) is 0 Å². The second kappa shape index (κ2) is 4.04. The maximum absolute atomic E-state index is 5.89. The molecule has 88 valence electrons. The predicted molar refractivity (Wildman–Crippen MR) is 63.8 cm³/mol. The maximum Gasteiger partial charge on any atom is 0.220 e. The molecule has 1 fully saturated rings. The number of rotatable bonds is 3. The number of hydrogen-bond donors (Lipinski definition) is 0. The van der Waals surface area contributed by atoms with Crippen molar-refractivity contribution in [2.45, 2.75) is 58.5 Å². The third-order valence-corrected chi connectivity index (χ3v) is 2.66. The quantitative estimate of drug-likeness (QED) is 0.785. The topological polar surface area (TPSA) is 35.0 Å². The molecule has 0 N–H and O–H groups in total. The summed E-state index contributed by atoms with van der Waals surface area (Å²) < 4.78 is 5.89. The normalized spacial score (nSPS) is 16.2. The number of nitrogens with zero attached hydrogens (tertiary/aromatic N) is 2. The van der Waals surface area contributed by atoms with Crippen LogP contribution in [-0.4, -0.2) is 15.6 Å². The molecule has 1 aromatic rings. The number of ether oxygens (including phenoxy) is 1. The summed E-state index contributed by atoms with van der Waals surface area (Å²) in [7, 11) is 0. The fourth-order valence-electron chi connectivity index (χ4n) is 1.83. The lowest BCUT2D eigenvalue weighted by atomic mass is 10.1. The van der Waals surface area contributed by atoms with E-state index in [1.807, 2.05) is 20.8 Å². The van der Waals surface area contributed by atoms with Gasteiger partial charge in [-0.25, -0.2) is 9.97 Å². The average Bonchev–Trinajstić information content (AvgIpc) is 2.98. The van der Waals surface area contributed by atoms with Crippen LogP contribution in [0.5, 0.6) is 5.88 Å². The molecule has 1 aromatic heterocycles. The van der Waals surface area contributed by atoms with E-state index in [9.17, 15) is 0 Å². The molecule has 1 saturated carbocycles. The molecule has 0 amide bonds. The first-order valence-corrected chi connectivity index (χ1v) is 6.04. The summed E-state index contributed by atoms with van der Waals surface area (Å²) in [4.78, 5) is 8.68. The van der Waals surface area contributed by atoms with Gasteiger partial charge in [-0.1, -0.05) is 6.92 Å². The van der Waals surface area contributed by atoms with Crippen molar-refractivity contribution in [3.63, 3.8) is 0 Å². The van der Waals surface area contributed by atoms with Crippen molar-refractivity contribution in [1.29, 1.82) is 0 Å². The second-order valence-electron chi connectivity index (χ2n) is 5.38. The van der Waals surface area contributed by atoms with Crippen molar-refractivity contribution in [3.8, 4) is 5.88 Å². The zero-order chi connectivity index (χ0) is 11.8. The van der Waals surface area contributed by atoms with E-state index in [0.29, 0.717) is 5.92 Å². The summed E-state index contributed by atoms with van der Waals surface area (Å²) in [5, 5.41) is 0. The van der Waals surface area contributed by atoms with E-state index in [4.69, 9.17) is 4.74 Å². The molecular weight excluding hydrogens is 200 g/mol. The number of aromatic nitrogens is 2. The first kappa shape index (κ1) is 11.4. The maximum atomic E-state index is 5.89. The van der Waals surface area contributed by atoms with E-state index >= 15 is 0 Å². The van der Waals surface area contributed by atoms with Crippen LogP contribution in [-0.2, 0) is 6.42 Å². The van der Waals surface area contributed by atoms with Crippen molar-refractivity contribution in [1.82, 2.24) is 9.97 Å². The minimum absolute atomic E-state index is 0.195. The Balaban J connectivity index is 2.33. The van der Waals surface area contributed by atoms with Crippen LogP contribution in [0.1, 0.15) is 57.7 Å². The molecule has 0 atom stereocenters. The predicted octanol–water partition coefficient (Wildman–Crippen LogP) is 3.09. The van der Waals surface area contributed by atoms with Gasteiger partial charge in [0.15, 0.2) is 0 Å².